The first-order chi connectivity index (χ1) is 6.81. The van der Waals surface area contributed by atoms with Crippen LogP contribution in [-0.2, 0) is 10.3 Å². The van der Waals surface area contributed by atoms with E-state index >= 15 is 0 Å². The number of benzene rings is 1. The van der Waals surface area contributed by atoms with Crippen LogP contribution in [0.4, 0.5) is 5.69 Å². The number of rotatable bonds is 3. The average Bonchev–Trinajstić information content (AvgIpc) is 2.05. The first kappa shape index (κ1) is 11.4. The molecule has 8 heteroatoms. The van der Waals surface area contributed by atoms with Gasteiger partial charge in [0.25, 0.3) is 0 Å². The Morgan fingerprint density at radius 1 is 1.47 bits per heavy atom. The largest absolute Gasteiger partial charge is 0.380 e. The van der Waals surface area contributed by atoms with Gasteiger partial charge in [0.05, 0.1) is 4.92 Å². The number of nitrogens with zero attached hydrogens (tertiary/aromatic N) is 1. The molecule has 82 valence electrons. The summed E-state index contributed by atoms with van der Waals surface area (Å²) in [6.45, 7) is 1.48. The van der Waals surface area contributed by atoms with Crippen LogP contribution in [-0.4, -0.2) is 13.3 Å². The predicted molar refractivity (Wildman–Crippen MR) is 51.6 cm³/mol. The van der Waals surface area contributed by atoms with Crippen molar-refractivity contribution in [3.05, 3.63) is 33.9 Å². The molecule has 0 heterocycles. The van der Waals surface area contributed by atoms with Crippen LogP contribution in [0, 0.1) is 17.0 Å². The number of hydrogen-bond acceptors (Lipinski definition) is 5. The number of nitro benzene ring substituents is 1. The summed E-state index contributed by atoms with van der Waals surface area (Å²) < 4.78 is 25.7. The van der Waals surface area contributed by atoms with Gasteiger partial charge in [-0.05, 0) is 6.92 Å². The zero-order valence-electron chi connectivity index (χ0n) is 7.71. The zero-order valence-corrected chi connectivity index (χ0v) is 8.52. The molecule has 0 aromatic heterocycles. The van der Waals surface area contributed by atoms with Gasteiger partial charge >= 0.3 is 16.0 Å². The Morgan fingerprint density at radius 3 is 2.53 bits per heavy atom. The molecule has 0 saturated heterocycles. The number of hydrogen-bond donors (Lipinski definition) is 1. The summed E-state index contributed by atoms with van der Waals surface area (Å²) in [4.78, 5) is 9.81. The van der Waals surface area contributed by atoms with Gasteiger partial charge in [0.1, 0.15) is 0 Å². The molecule has 1 aromatic rings. The fourth-order valence-corrected chi connectivity index (χ4v) is 1.45. The van der Waals surface area contributed by atoms with E-state index in [2.05, 4.69) is 9.32 Å². The van der Waals surface area contributed by atoms with Gasteiger partial charge in [-0.2, -0.15) is 13.6 Å². The smallest absolute Gasteiger partial charge is 0.363 e. The maximum absolute atomic E-state index is 10.7. The zero-order chi connectivity index (χ0) is 11.6. The van der Waals surface area contributed by atoms with E-state index in [9.17, 15) is 18.5 Å². The van der Waals surface area contributed by atoms with Crippen LogP contribution in [0.3, 0.4) is 0 Å². The highest BCUT2D eigenvalue weighted by Gasteiger charge is 2.20. The lowest BCUT2D eigenvalue weighted by Gasteiger charge is -2.05. The normalized spacial score (nSPS) is 11.1. The second kappa shape index (κ2) is 3.83. The van der Waals surface area contributed by atoms with Crippen molar-refractivity contribution in [2.24, 2.45) is 5.14 Å². The van der Waals surface area contributed by atoms with Crippen molar-refractivity contribution in [3.63, 3.8) is 0 Å². The first-order valence-electron chi connectivity index (χ1n) is 3.77. The van der Waals surface area contributed by atoms with E-state index in [1.807, 2.05) is 0 Å². The molecule has 0 fully saturated rings. The van der Waals surface area contributed by atoms with E-state index in [4.69, 9.17) is 0 Å². The van der Waals surface area contributed by atoms with E-state index in [1.165, 1.54) is 19.1 Å². The van der Waals surface area contributed by atoms with E-state index in [-0.39, 0.29) is 5.75 Å². The molecule has 0 atom stereocenters. The lowest BCUT2D eigenvalue weighted by atomic mass is 10.2. The van der Waals surface area contributed by atoms with Crippen LogP contribution in [0.5, 0.6) is 5.75 Å². The number of aryl methyl sites for hydroxylation is 1. The number of nitrogens with two attached hydrogens (primary N) is 1. The highest BCUT2D eigenvalue weighted by atomic mass is 32.2. The van der Waals surface area contributed by atoms with Gasteiger partial charge in [-0.25, -0.2) is 0 Å². The summed E-state index contributed by atoms with van der Waals surface area (Å²) in [5.41, 5.74) is -0.123. The molecule has 7 nitrogen and oxygen atoms in total. The molecule has 1 aromatic carbocycles. The first-order valence-corrected chi connectivity index (χ1v) is 5.24. The Balaban J connectivity index is 3.32. The monoisotopic (exact) mass is 232 g/mol. The Bertz CT molecular complexity index is 496. The third-order valence-electron chi connectivity index (χ3n) is 1.59. The Labute approximate surface area is 85.9 Å². The molecule has 15 heavy (non-hydrogen) atoms. The van der Waals surface area contributed by atoms with E-state index in [0.717, 1.165) is 6.07 Å². The summed E-state index contributed by atoms with van der Waals surface area (Å²) in [6, 6.07) is 4.03. The van der Waals surface area contributed by atoms with Crippen LogP contribution in [0.2, 0.25) is 0 Å². The fraction of sp³-hybridized carbons (Fsp3) is 0.143. The van der Waals surface area contributed by atoms with Crippen molar-refractivity contribution in [1.82, 2.24) is 0 Å². The maximum atomic E-state index is 10.7. The minimum atomic E-state index is -4.26. The molecule has 2 N–H and O–H groups in total. The van der Waals surface area contributed by atoms with Gasteiger partial charge in [0, 0.05) is 11.6 Å². The average molecular weight is 232 g/mol. The summed E-state index contributed by atoms with van der Waals surface area (Å²) in [5, 5.41) is 15.2. The molecule has 0 aliphatic carbocycles. The van der Waals surface area contributed by atoms with Gasteiger partial charge in [-0.3, -0.25) is 10.1 Å². The Morgan fingerprint density at radius 2 is 2.07 bits per heavy atom. The minimum Gasteiger partial charge on any atom is -0.363 e. The Hall–Kier alpha value is -1.67. The second-order valence-electron chi connectivity index (χ2n) is 2.76. The van der Waals surface area contributed by atoms with Gasteiger partial charge in [-0.1, -0.05) is 12.1 Å². The van der Waals surface area contributed by atoms with Crippen LogP contribution < -0.4 is 9.32 Å². The molecular formula is C7H8N2O5S. The van der Waals surface area contributed by atoms with Gasteiger partial charge in [0.15, 0.2) is 0 Å². The fourth-order valence-electron chi connectivity index (χ4n) is 1.01. The topological polar surface area (TPSA) is 113 Å². The Kier molecular flexibility index (Phi) is 2.91. The summed E-state index contributed by atoms with van der Waals surface area (Å²) in [5.74, 6) is -0.356. The molecule has 0 spiro atoms. The lowest BCUT2D eigenvalue weighted by molar-refractivity contribution is -0.385. The van der Waals surface area contributed by atoms with Crippen molar-refractivity contribution in [2.45, 2.75) is 6.92 Å². The summed E-state index contributed by atoms with van der Waals surface area (Å²) in [6.07, 6.45) is 0. The quantitative estimate of drug-likeness (QED) is 0.601. The van der Waals surface area contributed by atoms with Crippen molar-refractivity contribution >= 4 is 16.0 Å². The molecule has 0 aliphatic heterocycles. The van der Waals surface area contributed by atoms with Crippen LogP contribution in [0.15, 0.2) is 18.2 Å². The van der Waals surface area contributed by atoms with Crippen molar-refractivity contribution in [2.75, 3.05) is 0 Å². The highest BCUT2D eigenvalue weighted by Crippen LogP contribution is 2.30. The van der Waals surface area contributed by atoms with Crippen molar-refractivity contribution in [3.8, 4) is 5.75 Å². The molecule has 0 saturated carbocycles. The number of para-hydroxylation sites is 1. The second-order valence-corrected chi connectivity index (χ2v) is 3.91. The number of nitro groups is 1. The molecule has 1 rings (SSSR count). The highest BCUT2D eigenvalue weighted by molar-refractivity contribution is 7.84. The van der Waals surface area contributed by atoms with Crippen LogP contribution >= 0.6 is 0 Å². The molecule has 0 amide bonds. The van der Waals surface area contributed by atoms with Gasteiger partial charge in [-0.15, -0.1) is 0 Å². The molecule has 0 unspecified atom stereocenters. The van der Waals surface area contributed by atoms with Gasteiger partial charge < -0.3 is 4.18 Å². The van der Waals surface area contributed by atoms with Crippen LogP contribution in [0.1, 0.15) is 5.56 Å². The van der Waals surface area contributed by atoms with E-state index in [1.54, 1.807) is 0 Å². The third-order valence-corrected chi connectivity index (χ3v) is 1.99. The molecule has 0 aliphatic rings. The van der Waals surface area contributed by atoms with Gasteiger partial charge in [0.2, 0.25) is 5.75 Å². The van der Waals surface area contributed by atoms with E-state index in [0.29, 0.717) is 5.56 Å². The molecule has 0 bridgehead atoms. The third kappa shape index (κ3) is 2.89. The van der Waals surface area contributed by atoms with Crippen molar-refractivity contribution in [1.29, 1.82) is 0 Å². The molecular weight excluding hydrogens is 224 g/mol. The standard InChI is InChI=1S/C7H8N2O5S/c1-5-3-2-4-6(9(10)11)7(5)14-15(8,12)13/h2-4H,1H3,(H2,8,12,13). The van der Waals surface area contributed by atoms with Crippen molar-refractivity contribution < 1.29 is 17.5 Å². The predicted octanol–water partition coefficient (Wildman–Crippen LogP) is 0.486. The summed E-state index contributed by atoms with van der Waals surface area (Å²) in [7, 11) is -4.26. The van der Waals surface area contributed by atoms with E-state index < -0.39 is 20.9 Å². The minimum absolute atomic E-state index is 0.318. The molecule has 0 radical (unpaired) electrons. The maximum Gasteiger partial charge on any atom is 0.380 e. The van der Waals surface area contributed by atoms with Crippen LogP contribution in [0.25, 0.3) is 0 Å². The summed E-state index contributed by atoms with van der Waals surface area (Å²) >= 11 is 0. The SMILES string of the molecule is Cc1cccc([N+](=O)[O-])c1OS(N)(=O)=O. The lowest BCUT2D eigenvalue weighted by Crippen LogP contribution is -2.20.